The number of phosphoric ester groups is 2. The Balaban J connectivity index is 0.863. The predicted octanol–water partition coefficient (Wildman–Crippen LogP) is 11.6. The number of fused-ring (bicyclic) bond motifs is 10. The van der Waals surface area contributed by atoms with E-state index >= 15 is 0 Å². The second-order valence-corrected chi connectivity index (χ2v) is 23.9. The summed E-state index contributed by atoms with van der Waals surface area (Å²) in [7, 11) is -10.1. The standard InChI is InChI=1S/C46H62Cl4N2O11P2/c1-45-17-15-35-33-9-5-31(59-43(53)51(23-19-47)24-20-48)27-29(33)3-7-37(35)39(45)11-13-41(45)61-64(55,56)63-65(57,58)62-42-14-12-40-38-8-4-30-28-32(60-44(54)52(25-21-49)26-22-50)6-10-34(30)36(38)16-18-46(40,42)2/h5-6,9-10,27-28,35-42H,3-4,7-8,11-26H2,1-2H3,(H,55,56)(H,57,58)/t35-,36+,37-,38+,39+,40-,41-,42-,45-,46-/m0/s1. The summed E-state index contributed by atoms with van der Waals surface area (Å²) in [5, 5.41) is 0. The number of amides is 2. The first kappa shape index (κ1) is 49.8. The number of aryl methyl sites for hydroxylation is 2. The van der Waals surface area contributed by atoms with Crippen LogP contribution in [0.5, 0.6) is 11.5 Å². The highest BCUT2D eigenvalue weighted by atomic mass is 35.5. The van der Waals surface area contributed by atoms with Crippen LogP contribution >= 0.6 is 62.0 Å². The highest BCUT2D eigenvalue weighted by molar-refractivity contribution is 7.61. The van der Waals surface area contributed by atoms with E-state index in [-0.39, 0.29) is 47.2 Å². The molecule has 65 heavy (non-hydrogen) atoms. The Morgan fingerprint density at radius 2 is 1.00 bits per heavy atom. The van der Waals surface area contributed by atoms with Crippen LogP contribution in [0, 0.1) is 34.5 Å². The van der Waals surface area contributed by atoms with Crippen LogP contribution in [-0.2, 0) is 35.3 Å². The highest BCUT2D eigenvalue weighted by Crippen LogP contribution is 2.70. The molecule has 19 heteroatoms. The number of phosphoric acid groups is 2. The second-order valence-electron chi connectivity index (χ2n) is 19.5. The number of hydrogen-bond donors (Lipinski definition) is 2. The van der Waals surface area contributed by atoms with Gasteiger partial charge in [-0.3, -0.25) is 9.05 Å². The summed E-state index contributed by atoms with van der Waals surface area (Å²) in [4.78, 5) is 50.9. The number of halogens is 4. The van der Waals surface area contributed by atoms with Crippen molar-refractivity contribution in [1.29, 1.82) is 0 Å². The maximum absolute atomic E-state index is 13.7. The first-order chi connectivity index (χ1) is 31.0. The smallest absolute Gasteiger partial charge is 0.410 e. The summed E-state index contributed by atoms with van der Waals surface area (Å²) in [5.41, 5.74) is 3.93. The van der Waals surface area contributed by atoms with Gasteiger partial charge in [-0.25, -0.2) is 18.7 Å². The van der Waals surface area contributed by atoms with Crippen LogP contribution in [0.3, 0.4) is 0 Å². The third-order valence-corrected chi connectivity index (χ3v) is 19.7. The lowest BCUT2D eigenvalue weighted by Crippen LogP contribution is -2.44. The van der Waals surface area contributed by atoms with E-state index < -0.39 is 50.9 Å². The molecule has 360 valence electrons. The van der Waals surface area contributed by atoms with Gasteiger partial charge in [-0.15, -0.1) is 46.4 Å². The quantitative estimate of drug-likeness (QED) is 0.122. The molecule has 2 amide bonds. The molecule has 2 aromatic rings. The average molecular weight is 1020 g/mol. The third kappa shape index (κ3) is 10.3. The molecule has 0 radical (unpaired) electrons. The van der Waals surface area contributed by atoms with Crippen molar-refractivity contribution in [2.24, 2.45) is 34.5 Å². The van der Waals surface area contributed by atoms with Crippen molar-refractivity contribution in [3.05, 3.63) is 58.7 Å². The van der Waals surface area contributed by atoms with Gasteiger partial charge < -0.3 is 29.1 Å². The Hall–Kier alpha value is -1.60. The van der Waals surface area contributed by atoms with E-state index in [0.29, 0.717) is 62.4 Å². The summed E-state index contributed by atoms with van der Waals surface area (Å²) in [6.07, 6.45) is 7.01. The normalized spacial score (nSPS) is 32.9. The molecule has 12 atom stereocenters. The zero-order valence-electron chi connectivity index (χ0n) is 37.1. The van der Waals surface area contributed by atoms with Crippen LogP contribution in [0.4, 0.5) is 9.59 Å². The van der Waals surface area contributed by atoms with E-state index in [4.69, 9.17) is 69.2 Å². The molecule has 0 spiro atoms. The van der Waals surface area contributed by atoms with Crippen molar-refractivity contribution in [2.75, 3.05) is 49.7 Å². The molecule has 6 aliphatic carbocycles. The van der Waals surface area contributed by atoms with Crippen molar-refractivity contribution in [2.45, 2.75) is 115 Å². The van der Waals surface area contributed by atoms with Crippen LogP contribution in [0.1, 0.15) is 112 Å². The van der Waals surface area contributed by atoms with Crippen LogP contribution < -0.4 is 9.47 Å². The van der Waals surface area contributed by atoms with Gasteiger partial charge in [0.25, 0.3) is 0 Å². The largest absolute Gasteiger partial charge is 0.481 e. The minimum atomic E-state index is -5.04. The molecule has 2 aromatic carbocycles. The van der Waals surface area contributed by atoms with Crippen LogP contribution in [-0.4, -0.2) is 93.7 Å². The lowest BCUT2D eigenvalue weighted by Gasteiger charge is -2.51. The summed E-state index contributed by atoms with van der Waals surface area (Å²) in [6, 6.07) is 11.7. The molecule has 0 saturated heterocycles. The molecular formula is C46H62Cl4N2O11P2. The van der Waals surface area contributed by atoms with E-state index in [1.54, 1.807) is 0 Å². The molecule has 0 aliphatic heterocycles. The topological polar surface area (TPSA) is 161 Å². The Morgan fingerprint density at radius 1 is 0.615 bits per heavy atom. The molecular weight excluding hydrogens is 960 g/mol. The fourth-order valence-corrected chi connectivity index (χ4v) is 16.8. The summed E-state index contributed by atoms with van der Waals surface area (Å²) in [6.45, 7) is 5.59. The lowest BCUT2D eigenvalue weighted by molar-refractivity contribution is -0.0308. The van der Waals surface area contributed by atoms with E-state index in [2.05, 4.69) is 26.0 Å². The first-order valence-electron chi connectivity index (χ1n) is 23.2. The zero-order chi connectivity index (χ0) is 46.3. The average Bonchev–Trinajstić information content (AvgIpc) is 3.76. The number of ether oxygens (including phenoxy) is 2. The Kier molecular flexibility index (Phi) is 15.6. The number of carbonyl (C=O) groups is 2. The molecule has 2 N–H and O–H groups in total. The van der Waals surface area contributed by atoms with Gasteiger partial charge in [0.1, 0.15) is 11.5 Å². The number of carbonyl (C=O) groups excluding carboxylic acids is 2. The van der Waals surface area contributed by atoms with Crippen molar-refractivity contribution >= 4 is 74.2 Å². The summed E-state index contributed by atoms with van der Waals surface area (Å²) >= 11 is 23.5. The maximum Gasteiger partial charge on any atom is 0.481 e. The van der Waals surface area contributed by atoms with Crippen molar-refractivity contribution in [1.82, 2.24) is 9.80 Å². The van der Waals surface area contributed by atoms with Crippen molar-refractivity contribution in [3.63, 3.8) is 0 Å². The Labute approximate surface area is 402 Å². The molecule has 6 aliphatic rings. The minimum absolute atomic E-state index is 0.212. The molecule has 13 nitrogen and oxygen atoms in total. The third-order valence-electron chi connectivity index (χ3n) is 16.3. The molecule has 4 fully saturated rings. The van der Waals surface area contributed by atoms with Gasteiger partial charge >= 0.3 is 27.8 Å². The van der Waals surface area contributed by atoms with Gasteiger partial charge in [0, 0.05) is 49.7 Å². The molecule has 0 aromatic heterocycles. The summed E-state index contributed by atoms with van der Waals surface area (Å²) in [5.74, 6) is 3.73. The predicted molar refractivity (Wildman–Crippen MR) is 251 cm³/mol. The van der Waals surface area contributed by atoms with Crippen LogP contribution in [0.2, 0.25) is 0 Å². The molecule has 0 heterocycles. The fourth-order valence-electron chi connectivity index (χ4n) is 13.3. The van der Waals surface area contributed by atoms with Gasteiger partial charge in [-0.05, 0) is 170 Å². The minimum Gasteiger partial charge on any atom is -0.410 e. The Morgan fingerprint density at radius 3 is 1.37 bits per heavy atom. The maximum atomic E-state index is 13.7. The first-order valence-corrected chi connectivity index (χ1v) is 28.3. The number of rotatable bonds is 16. The van der Waals surface area contributed by atoms with Crippen molar-refractivity contribution < 1.29 is 51.3 Å². The number of benzene rings is 2. The van der Waals surface area contributed by atoms with E-state index in [0.717, 1.165) is 75.3 Å². The molecule has 0 bridgehead atoms. The van der Waals surface area contributed by atoms with E-state index in [1.807, 2.05) is 24.3 Å². The highest BCUT2D eigenvalue weighted by Gasteiger charge is 2.59. The Bertz CT molecular complexity index is 2010. The number of hydrogen-bond acceptors (Lipinski definition) is 9. The molecule has 8 rings (SSSR count). The molecule has 2 unspecified atom stereocenters. The second kappa shape index (κ2) is 20.4. The lowest BCUT2D eigenvalue weighted by atomic mass is 9.55. The zero-order valence-corrected chi connectivity index (χ0v) is 41.9. The van der Waals surface area contributed by atoms with Gasteiger partial charge in [0.2, 0.25) is 0 Å². The van der Waals surface area contributed by atoms with E-state index in [9.17, 15) is 28.5 Å². The number of nitrogens with zero attached hydrogens (tertiary/aromatic N) is 2. The number of alkyl halides is 4. The van der Waals surface area contributed by atoms with Gasteiger partial charge in [-0.1, -0.05) is 26.0 Å². The van der Waals surface area contributed by atoms with E-state index in [1.165, 1.54) is 20.9 Å². The monoisotopic (exact) mass is 1020 g/mol. The van der Waals surface area contributed by atoms with Crippen molar-refractivity contribution in [3.8, 4) is 11.5 Å². The van der Waals surface area contributed by atoms with Gasteiger partial charge in [-0.2, -0.15) is 4.31 Å². The van der Waals surface area contributed by atoms with Crippen LogP contribution in [0.25, 0.3) is 0 Å². The SMILES string of the molecule is C[C@]12CC[C@H]3c4ccc(OC(=O)N(CCCl)CCCl)cc4CC[C@@H]3[C@H]1CC[C@@H]2OP(=O)(O)OP(=O)(O)O[C@H]1CC[C@H]2[C@@H]3CCc4cc(OC(=O)N(CCCl)CCCl)ccc4[C@H]3CC[C@]12C. The van der Waals surface area contributed by atoms with Gasteiger partial charge in [0.05, 0.1) is 12.2 Å². The van der Waals surface area contributed by atoms with Crippen LogP contribution in [0.15, 0.2) is 36.4 Å². The fraction of sp³-hybridized carbons (Fsp3) is 0.696. The van der Waals surface area contributed by atoms with Gasteiger partial charge in [0.15, 0.2) is 0 Å². The summed E-state index contributed by atoms with van der Waals surface area (Å²) < 4.78 is 55.7. The molecule has 4 saturated carbocycles.